The number of carboxylic acids is 1. The van der Waals surface area contributed by atoms with Crippen molar-refractivity contribution < 1.29 is 23.4 Å². The van der Waals surface area contributed by atoms with Crippen LogP contribution in [0.2, 0.25) is 0 Å². The standard InChI is InChI=1S/C24H28N2O5S/c1-3-25(4-2)13-7-9-16-8-5-6-10-20(16)26(32(29)30)21-12-11-18-19-14-17(19)15-31-23(18)22(21)24(27)28/h5-12,17,19H,3-4,13-15H2,1-2H3,(H,27,28)(H,29,30). The molecule has 2 N–H and O–H groups in total. The van der Waals surface area contributed by atoms with Gasteiger partial charge in [0.15, 0.2) is 0 Å². The van der Waals surface area contributed by atoms with Gasteiger partial charge in [0.1, 0.15) is 11.3 Å². The number of anilines is 2. The zero-order valence-electron chi connectivity index (χ0n) is 18.2. The fraction of sp³-hybridized carbons (Fsp3) is 0.375. The van der Waals surface area contributed by atoms with Crippen molar-refractivity contribution in [2.24, 2.45) is 5.92 Å². The van der Waals surface area contributed by atoms with Crippen LogP contribution in [0.25, 0.3) is 6.08 Å². The Balaban J connectivity index is 1.77. The van der Waals surface area contributed by atoms with E-state index in [1.165, 1.54) is 0 Å². The first kappa shape index (κ1) is 22.5. The second kappa shape index (κ2) is 9.44. The van der Waals surface area contributed by atoms with Gasteiger partial charge in [-0.15, -0.1) is 0 Å². The Labute approximate surface area is 190 Å². The number of carbonyl (C=O) groups is 1. The van der Waals surface area contributed by atoms with E-state index in [9.17, 15) is 18.7 Å². The zero-order valence-corrected chi connectivity index (χ0v) is 19.0. The maximum atomic E-state index is 12.5. The summed E-state index contributed by atoms with van der Waals surface area (Å²) in [5.41, 5.74) is 2.11. The lowest BCUT2D eigenvalue weighted by Crippen LogP contribution is -2.24. The summed E-state index contributed by atoms with van der Waals surface area (Å²) in [4.78, 5) is 14.5. The van der Waals surface area contributed by atoms with E-state index in [0.717, 1.165) is 41.5 Å². The van der Waals surface area contributed by atoms with Crippen molar-refractivity contribution in [3.63, 3.8) is 0 Å². The summed E-state index contributed by atoms with van der Waals surface area (Å²) in [6.45, 7) is 7.27. The molecule has 8 heteroatoms. The lowest BCUT2D eigenvalue weighted by Gasteiger charge is -2.27. The largest absolute Gasteiger partial charge is 0.492 e. The molecule has 7 nitrogen and oxygen atoms in total. The van der Waals surface area contributed by atoms with Crippen molar-refractivity contribution >= 4 is 34.7 Å². The highest BCUT2D eigenvalue weighted by Crippen LogP contribution is 2.56. The van der Waals surface area contributed by atoms with Gasteiger partial charge in [-0.05, 0) is 48.7 Å². The van der Waals surface area contributed by atoms with Crippen LogP contribution in [0.4, 0.5) is 11.4 Å². The van der Waals surface area contributed by atoms with E-state index in [0.29, 0.717) is 29.9 Å². The van der Waals surface area contributed by atoms with Crippen LogP contribution in [0.3, 0.4) is 0 Å². The van der Waals surface area contributed by atoms with Gasteiger partial charge in [-0.2, -0.15) is 0 Å². The zero-order chi connectivity index (χ0) is 22.8. The van der Waals surface area contributed by atoms with E-state index in [2.05, 4.69) is 18.7 Å². The second-order valence-corrected chi connectivity index (χ2v) is 8.90. The molecule has 1 heterocycles. The highest BCUT2D eigenvalue weighted by Gasteiger charge is 2.45. The van der Waals surface area contributed by atoms with E-state index in [-0.39, 0.29) is 11.3 Å². The lowest BCUT2D eigenvalue weighted by molar-refractivity contribution is 0.0692. The summed E-state index contributed by atoms with van der Waals surface area (Å²) < 4.78 is 29.7. The molecule has 0 spiro atoms. The predicted octanol–water partition coefficient (Wildman–Crippen LogP) is 4.51. The third-order valence-corrected chi connectivity index (χ3v) is 6.94. The minimum absolute atomic E-state index is 0.0721. The molecule has 0 amide bonds. The summed E-state index contributed by atoms with van der Waals surface area (Å²) >= 11 is -2.49. The van der Waals surface area contributed by atoms with E-state index < -0.39 is 17.2 Å². The molecule has 3 atom stereocenters. The number of carboxylic acid groups (broad SMARTS) is 1. The maximum Gasteiger partial charge on any atom is 0.341 e. The van der Waals surface area contributed by atoms with E-state index in [4.69, 9.17) is 4.74 Å². The molecule has 4 rings (SSSR count). The molecule has 0 radical (unpaired) electrons. The number of nitrogens with zero attached hydrogens (tertiary/aromatic N) is 2. The minimum Gasteiger partial charge on any atom is -0.492 e. The topological polar surface area (TPSA) is 90.3 Å². The summed E-state index contributed by atoms with van der Waals surface area (Å²) in [6.07, 6.45) is 4.89. The second-order valence-electron chi connectivity index (χ2n) is 8.07. The quantitative estimate of drug-likeness (QED) is 0.540. The van der Waals surface area contributed by atoms with Crippen LogP contribution in [0.1, 0.15) is 47.7 Å². The van der Waals surface area contributed by atoms with Crippen molar-refractivity contribution in [3.8, 4) is 5.75 Å². The van der Waals surface area contributed by atoms with Crippen molar-refractivity contribution in [2.45, 2.75) is 26.2 Å². The van der Waals surface area contributed by atoms with Crippen LogP contribution in [0.5, 0.6) is 5.75 Å². The van der Waals surface area contributed by atoms with E-state index in [1.807, 2.05) is 30.4 Å². The van der Waals surface area contributed by atoms with Crippen molar-refractivity contribution in [1.29, 1.82) is 0 Å². The maximum absolute atomic E-state index is 12.5. The Morgan fingerprint density at radius 1 is 1.19 bits per heavy atom. The molecule has 1 fully saturated rings. The summed E-state index contributed by atoms with van der Waals surface area (Å²) in [5.74, 6) is -0.108. The molecule has 2 aromatic carbocycles. The fourth-order valence-electron chi connectivity index (χ4n) is 4.34. The van der Waals surface area contributed by atoms with E-state index in [1.54, 1.807) is 18.2 Å². The van der Waals surface area contributed by atoms with Gasteiger partial charge in [-0.25, -0.2) is 13.3 Å². The molecule has 2 aromatic rings. The number of benzene rings is 2. The molecule has 0 bridgehead atoms. The Kier molecular flexibility index (Phi) is 6.64. The number of rotatable bonds is 9. The first-order chi connectivity index (χ1) is 15.5. The smallest absolute Gasteiger partial charge is 0.341 e. The average molecular weight is 457 g/mol. The van der Waals surface area contributed by atoms with Crippen LogP contribution in [0.15, 0.2) is 42.5 Å². The molecule has 0 saturated heterocycles. The number of aromatic carboxylic acids is 1. The van der Waals surface area contributed by atoms with Crippen LogP contribution in [-0.4, -0.2) is 51.0 Å². The first-order valence-electron chi connectivity index (χ1n) is 10.9. The average Bonchev–Trinajstić information content (AvgIpc) is 3.57. The molecule has 170 valence electrons. The molecular weight excluding hydrogens is 428 g/mol. The SMILES string of the molecule is CCN(CC)CC=Cc1ccccc1N(c1ccc2c(c1C(=O)O)OCC1CC21)S(=O)O. The molecule has 1 aliphatic heterocycles. The molecule has 0 aromatic heterocycles. The molecule has 32 heavy (non-hydrogen) atoms. The van der Waals surface area contributed by atoms with Crippen molar-refractivity contribution in [1.82, 2.24) is 4.90 Å². The number of likely N-dealkylation sites (N-methyl/N-ethyl adjacent to an activating group) is 1. The molecule has 3 unspecified atom stereocenters. The third-order valence-electron chi connectivity index (χ3n) is 6.23. The number of para-hydroxylation sites is 1. The molecule has 2 aliphatic rings. The van der Waals surface area contributed by atoms with Gasteiger partial charge in [0, 0.05) is 12.5 Å². The highest BCUT2D eigenvalue weighted by atomic mass is 32.2. The number of hydrogen-bond donors (Lipinski definition) is 2. The van der Waals surface area contributed by atoms with Crippen molar-refractivity contribution in [3.05, 3.63) is 59.2 Å². The molecule has 1 saturated carbocycles. The third kappa shape index (κ3) is 4.30. The Bertz CT molecular complexity index is 1070. The van der Waals surface area contributed by atoms with Gasteiger partial charge in [-0.1, -0.05) is 50.3 Å². The van der Waals surface area contributed by atoms with Crippen LogP contribution in [-0.2, 0) is 11.3 Å². The highest BCUT2D eigenvalue weighted by molar-refractivity contribution is 7.81. The number of ether oxygens (including phenoxy) is 1. The van der Waals surface area contributed by atoms with Crippen LogP contribution in [0, 0.1) is 5.92 Å². The Morgan fingerprint density at radius 3 is 2.62 bits per heavy atom. The van der Waals surface area contributed by atoms with Gasteiger partial charge in [-0.3, -0.25) is 4.55 Å². The lowest BCUT2D eigenvalue weighted by atomic mass is 9.99. The molecule has 1 aliphatic carbocycles. The summed E-state index contributed by atoms with van der Waals surface area (Å²) in [6, 6.07) is 10.6. The number of hydrogen-bond acceptors (Lipinski definition) is 4. The van der Waals surface area contributed by atoms with Gasteiger partial charge >= 0.3 is 5.97 Å². The monoisotopic (exact) mass is 456 g/mol. The predicted molar refractivity (Wildman–Crippen MR) is 126 cm³/mol. The fourth-order valence-corrected chi connectivity index (χ4v) is 4.99. The van der Waals surface area contributed by atoms with Gasteiger partial charge in [0.25, 0.3) is 11.3 Å². The number of fused-ring (bicyclic) bond motifs is 3. The van der Waals surface area contributed by atoms with Crippen LogP contribution < -0.4 is 9.04 Å². The van der Waals surface area contributed by atoms with Crippen LogP contribution >= 0.6 is 0 Å². The van der Waals surface area contributed by atoms with Crippen molar-refractivity contribution in [2.75, 3.05) is 30.5 Å². The molecular formula is C24H28N2O5S. The van der Waals surface area contributed by atoms with Gasteiger partial charge < -0.3 is 14.7 Å². The van der Waals surface area contributed by atoms with Gasteiger partial charge in [0.05, 0.1) is 18.0 Å². The normalized spacial score (nSPS) is 19.9. The van der Waals surface area contributed by atoms with E-state index >= 15 is 0 Å². The van der Waals surface area contributed by atoms with Gasteiger partial charge in [0.2, 0.25) is 0 Å². The first-order valence-corrected chi connectivity index (χ1v) is 11.9. The summed E-state index contributed by atoms with van der Waals surface area (Å²) in [7, 11) is 0. The minimum atomic E-state index is -2.49. The Morgan fingerprint density at radius 2 is 1.94 bits per heavy atom. The summed E-state index contributed by atoms with van der Waals surface area (Å²) in [5, 5.41) is 10.0. The Hall–Kier alpha value is -2.68.